The standard InChI is InChI=1S/C9H11IN2/c1-4-9-8(5-7(2)3)6-12(10)11-9/h4-6H,1H2,2-3H3. The summed E-state index contributed by atoms with van der Waals surface area (Å²) in [6.45, 7) is 7.84. The zero-order valence-corrected chi connectivity index (χ0v) is 9.37. The minimum absolute atomic E-state index is 0.936. The lowest BCUT2D eigenvalue weighted by Crippen LogP contribution is -1.78. The van der Waals surface area contributed by atoms with Crippen LogP contribution in [0, 0.1) is 0 Å². The maximum absolute atomic E-state index is 4.22. The lowest BCUT2D eigenvalue weighted by atomic mass is 10.2. The fourth-order valence-electron chi connectivity index (χ4n) is 0.951. The molecule has 12 heavy (non-hydrogen) atoms. The lowest BCUT2D eigenvalue weighted by Gasteiger charge is -1.89. The lowest BCUT2D eigenvalue weighted by molar-refractivity contribution is 1.05. The van der Waals surface area contributed by atoms with Crippen LogP contribution in [0.1, 0.15) is 25.1 Å². The highest BCUT2D eigenvalue weighted by atomic mass is 127. The highest BCUT2D eigenvalue weighted by Crippen LogP contribution is 2.13. The molecule has 0 amide bonds. The molecular weight excluding hydrogens is 263 g/mol. The molecule has 1 rings (SSSR count). The summed E-state index contributed by atoms with van der Waals surface area (Å²) in [5, 5.41) is 4.22. The number of hydrogen-bond donors (Lipinski definition) is 0. The topological polar surface area (TPSA) is 17.8 Å². The number of halogens is 1. The first-order chi connectivity index (χ1) is 5.63. The molecule has 0 bridgehead atoms. The third-order valence-electron chi connectivity index (χ3n) is 1.38. The van der Waals surface area contributed by atoms with Crippen LogP contribution >= 0.6 is 22.9 Å². The smallest absolute Gasteiger partial charge is 0.0926 e. The minimum Gasteiger partial charge on any atom is -0.210 e. The summed E-state index contributed by atoms with van der Waals surface area (Å²) in [5.41, 5.74) is 3.33. The van der Waals surface area contributed by atoms with Crippen molar-refractivity contribution in [1.82, 2.24) is 7.99 Å². The third-order valence-corrected chi connectivity index (χ3v) is 1.88. The normalized spacial score (nSPS) is 9.58. The van der Waals surface area contributed by atoms with E-state index in [0.29, 0.717) is 0 Å². The van der Waals surface area contributed by atoms with Crippen LogP contribution in [0.4, 0.5) is 0 Å². The van der Waals surface area contributed by atoms with E-state index in [-0.39, 0.29) is 0 Å². The Labute approximate surface area is 86.5 Å². The fourth-order valence-corrected chi connectivity index (χ4v) is 1.48. The van der Waals surface area contributed by atoms with Crippen molar-refractivity contribution >= 4 is 35.0 Å². The van der Waals surface area contributed by atoms with Gasteiger partial charge >= 0.3 is 0 Å². The summed E-state index contributed by atoms with van der Waals surface area (Å²) in [6.07, 6.45) is 5.84. The van der Waals surface area contributed by atoms with Crippen molar-refractivity contribution in [3.63, 3.8) is 0 Å². The van der Waals surface area contributed by atoms with Crippen LogP contribution in [0.25, 0.3) is 12.2 Å². The van der Waals surface area contributed by atoms with Gasteiger partial charge in [0.15, 0.2) is 0 Å². The molecule has 1 aromatic heterocycles. The van der Waals surface area contributed by atoms with Crippen LogP contribution in [0.15, 0.2) is 18.3 Å². The second-order valence-electron chi connectivity index (χ2n) is 2.78. The van der Waals surface area contributed by atoms with E-state index in [1.807, 2.05) is 6.20 Å². The Kier molecular flexibility index (Phi) is 3.08. The Bertz CT molecular complexity index is 319. The first-order valence-electron chi connectivity index (χ1n) is 3.66. The monoisotopic (exact) mass is 274 g/mol. The molecule has 0 spiro atoms. The molecule has 0 radical (unpaired) electrons. The highest BCUT2D eigenvalue weighted by Gasteiger charge is 2.00. The molecule has 0 saturated carbocycles. The summed E-state index contributed by atoms with van der Waals surface area (Å²) in [4.78, 5) is 0. The molecule has 0 N–H and O–H groups in total. The van der Waals surface area contributed by atoms with Gasteiger partial charge in [-0.25, -0.2) is 2.90 Å². The number of rotatable bonds is 2. The van der Waals surface area contributed by atoms with Crippen LogP contribution in [0.5, 0.6) is 0 Å². The Morgan fingerprint density at radius 1 is 1.67 bits per heavy atom. The summed E-state index contributed by atoms with van der Waals surface area (Å²) < 4.78 is 1.77. The van der Waals surface area contributed by atoms with E-state index in [2.05, 4.69) is 54.5 Å². The van der Waals surface area contributed by atoms with Gasteiger partial charge in [-0.05, 0) is 19.9 Å². The Balaban J connectivity index is 3.13. The van der Waals surface area contributed by atoms with Crippen LogP contribution in [0.3, 0.4) is 0 Å². The van der Waals surface area contributed by atoms with Gasteiger partial charge < -0.3 is 0 Å². The molecule has 1 aromatic rings. The van der Waals surface area contributed by atoms with Crippen molar-refractivity contribution in [1.29, 1.82) is 0 Å². The Morgan fingerprint density at radius 3 is 2.83 bits per heavy atom. The zero-order valence-electron chi connectivity index (χ0n) is 7.21. The minimum atomic E-state index is 0.936. The zero-order chi connectivity index (χ0) is 9.14. The molecule has 3 heteroatoms. The molecule has 1 heterocycles. The second kappa shape index (κ2) is 3.89. The van der Waals surface area contributed by atoms with Crippen LogP contribution < -0.4 is 0 Å². The highest BCUT2D eigenvalue weighted by molar-refractivity contribution is 14.1. The predicted octanol–water partition coefficient (Wildman–Crippen LogP) is 3.15. The second-order valence-corrected chi connectivity index (χ2v) is 3.77. The van der Waals surface area contributed by atoms with Gasteiger partial charge in [0.2, 0.25) is 0 Å². The van der Waals surface area contributed by atoms with Gasteiger partial charge in [0.25, 0.3) is 0 Å². The van der Waals surface area contributed by atoms with E-state index in [4.69, 9.17) is 0 Å². The predicted molar refractivity (Wildman–Crippen MR) is 61.1 cm³/mol. The van der Waals surface area contributed by atoms with Crippen LogP contribution in [0.2, 0.25) is 0 Å². The van der Waals surface area contributed by atoms with Crippen molar-refractivity contribution < 1.29 is 0 Å². The molecule has 0 aromatic carbocycles. The molecule has 64 valence electrons. The van der Waals surface area contributed by atoms with E-state index in [1.165, 1.54) is 5.57 Å². The maximum atomic E-state index is 4.22. The van der Waals surface area contributed by atoms with Crippen molar-refractivity contribution in [2.75, 3.05) is 0 Å². The number of allylic oxidation sites excluding steroid dienone is 1. The van der Waals surface area contributed by atoms with E-state index in [9.17, 15) is 0 Å². The average Bonchev–Trinajstić information content (AvgIpc) is 2.29. The first-order valence-corrected chi connectivity index (χ1v) is 4.63. The fraction of sp³-hybridized carbons (Fsp3) is 0.222. The van der Waals surface area contributed by atoms with Gasteiger partial charge in [-0.2, -0.15) is 5.10 Å². The molecule has 0 unspecified atom stereocenters. The number of nitrogens with zero attached hydrogens (tertiary/aromatic N) is 2. The Morgan fingerprint density at radius 2 is 2.33 bits per heavy atom. The number of hydrogen-bond acceptors (Lipinski definition) is 1. The quantitative estimate of drug-likeness (QED) is 0.757. The van der Waals surface area contributed by atoms with Gasteiger partial charge in [0.05, 0.1) is 28.6 Å². The molecular formula is C9H11IN2. The van der Waals surface area contributed by atoms with E-state index >= 15 is 0 Å². The third kappa shape index (κ3) is 2.20. The van der Waals surface area contributed by atoms with Gasteiger partial charge in [0, 0.05) is 11.8 Å². The van der Waals surface area contributed by atoms with E-state index < -0.39 is 0 Å². The largest absolute Gasteiger partial charge is 0.210 e. The van der Waals surface area contributed by atoms with Gasteiger partial charge in [-0.1, -0.05) is 18.2 Å². The van der Waals surface area contributed by atoms with Crippen molar-refractivity contribution in [3.05, 3.63) is 29.6 Å². The van der Waals surface area contributed by atoms with Gasteiger partial charge in [0.1, 0.15) is 0 Å². The van der Waals surface area contributed by atoms with Crippen molar-refractivity contribution in [2.24, 2.45) is 0 Å². The van der Waals surface area contributed by atoms with Crippen molar-refractivity contribution in [3.8, 4) is 0 Å². The molecule has 2 nitrogen and oxygen atoms in total. The maximum Gasteiger partial charge on any atom is 0.0926 e. The van der Waals surface area contributed by atoms with E-state index in [0.717, 1.165) is 11.3 Å². The van der Waals surface area contributed by atoms with Crippen molar-refractivity contribution in [2.45, 2.75) is 13.8 Å². The summed E-state index contributed by atoms with van der Waals surface area (Å²) in [7, 11) is 0. The Hall–Kier alpha value is -0.580. The molecule has 0 aliphatic heterocycles. The van der Waals surface area contributed by atoms with Crippen LogP contribution in [-0.4, -0.2) is 7.99 Å². The molecule has 0 aliphatic carbocycles. The van der Waals surface area contributed by atoms with Gasteiger partial charge in [-0.3, -0.25) is 0 Å². The summed E-state index contributed by atoms with van der Waals surface area (Å²) in [6, 6.07) is 0. The summed E-state index contributed by atoms with van der Waals surface area (Å²) in [5.74, 6) is 0. The van der Waals surface area contributed by atoms with Gasteiger partial charge in [-0.15, -0.1) is 0 Å². The average molecular weight is 274 g/mol. The van der Waals surface area contributed by atoms with E-state index in [1.54, 1.807) is 8.97 Å². The molecule has 0 saturated heterocycles. The SMILES string of the molecule is C=Cc1nn(I)cc1C=C(C)C. The molecule has 0 atom stereocenters. The molecule has 0 fully saturated rings. The first kappa shape index (κ1) is 9.51. The number of aromatic nitrogens is 2. The summed E-state index contributed by atoms with van der Waals surface area (Å²) >= 11 is 2.12. The van der Waals surface area contributed by atoms with Crippen LogP contribution in [-0.2, 0) is 0 Å². The molecule has 0 aliphatic rings.